The molecule has 0 N–H and O–H groups in total. The third-order valence-electron chi connectivity index (χ3n) is 8.78. The fraction of sp³-hybridized carbons (Fsp3) is 0.0513. The number of ether oxygens (including phenoxy) is 1. The molecule has 6 aromatic carbocycles. The number of nitriles is 1. The van der Waals surface area contributed by atoms with Gasteiger partial charge in [-0.3, -0.25) is 0 Å². The van der Waals surface area contributed by atoms with E-state index < -0.39 is 0 Å². The van der Waals surface area contributed by atoms with Crippen molar-refractivity contribution in [3.8, 4) is 34.0 Å². The van der Waals surface area contributed by atoms with Gasteiger partial charge in [-0.05, 0) is 94.0 Å². The normalized spacial score (nSPS) is 12.8. The van der Waals surface area contributed by atoms with Crippen molar-refractivity contribution in [3.05, 3.63) is 138 Å². The minimum atomic E-state index is 0.536. The lowest BCUT2D eigenvalue weighted by Gasteiger charge is -2.14. The molecule has 202 valence electrons. The molecular formula is C39H24N2O2. The number of para-hydroxylation sites is 2. The van der Waals surface area contributed by atoms with Gasteiger partial charge in [-0.25, -0.2) is 0 Å². The Morgan fingerprint density at radius 1 is 0.558 bits per heavy atom. The van der Waals surface area contributed by atoms with Crippen molar-refractivity contribution in [2.45, 2.75) is 13.2 Å². The van der Waals surface area contributed by atoms with Crippen LogP contribution in [0.5, 0.6) is 0 Å². The van der Waals surface area contributed by atoms with Gasteiger partial charge in [-0.1, -0.05) is 60.7 Å². The Hall–Kier alpha value is -5.63. The van der Waals surface area contributed by atoms with Crippen LogP contribution in [0.3, 0.4) is 0 Å². The summed E-state index contributed by atoms with van der Waals surface area (Å²) < 4.78 is 14.7. The average Bonchev–Trinajstić information content (AvgIpc) is 3.53. The van der Waals surface area contributed by atoms with Gasteiger partial charge in [0, 0.05) is 27.2 Å². The number of rotatable bonds is 2. The van der Waals surface area contributed by atoms with Crippen LogP contribution in [0.4, 0.5) is 0 Å². The van der Waals surface area contributed by atoms with Gasteiger partial charge in [0.05, 0.1) is 35.9 Å². The molecule has 0 radical (unpaired) electrons. The third-order valence-corrected chi connectivity index (χ3v) is 8.78. The van der Waals surface area contributed by atoms with Crippen LogP contribution >= 0.6 is 0 Å². The molecule has 0 bridgehead atoms. The van der Waals surface area contributed by atoms with Gasteiger partial charge in [0.2, 0.25) is 0 Å². The molecule has 0 saturated carbocycles. The molecular weight excluding hydrogens is 528 g/mol. The Labute approximate surface area is 247 Å². The van der Waals surface area contributed by atoms with Crippen LogP contribution in [0, 0.1) is 11.3 Å². The Balaban J connectivity index is 1.18. The summed E-state index contributed by atoms with van der Waals surface area (Å²) in [4.78, 5) is 0. The van der Waals surface area contributed by atoms with Gasteiger partial charge in [0.1, 0.15) is 11.2 Å². The van der Waals surface area contributed by atoms with E-state index in [0.717, 1.165) is 66.1 Å². The van der Waals surface area contributed by atoms with E-state index in [0.29, 0.717) is 18.8 Å². The van der Waals surface area contributed by atoms with Crippen molar-refractivity contribution < 1.29 is 9.15 Å². The zero-order chi connectivity index (χ0) is 28.5. The first-order chi connectivity index (χ1) is 21.2. The summed E-state index contributed by atoms with van der Waals surface area (Å²) in [7, 11) is 0. The highest BCUT2D eigenvalue weighted by molar-refractivity contribution is 6.10. The van der Waals surface area contributed by atoms with E-state index in [1.54, 1.807) is 0 Å². The standard InChI is InChI=1S/C39H24N2O2/c40-21-24-9-16-37-35(17-24)31-5-1-3-7-36(31)41(37)29-13-15-30-28(18-29)23-42-22-27-11-10-25(19-34(27)30)26-12-14-33-32-6-2-4-8-38(32)43-39(33)20-26/h1-20H,22-23H2. The van der Waals surface area contributed by atoms with E-state index in [-0.39, 0.29) is 0 Å². The smallest absolute Gasteiger partial charge is 0.136 e. The molecule has 0 amide bonds. The number of hydrogen-bond acceptors (Lipinski definition) is 3. The molecule has 43 heavy (non-hydrogen) atoms. The zero-order valence-corrected chi connectivity index (χ0v) is 23.2. The topological polar surface area (TPSA) is 51.1 Å². The molecule has 0 unspecified atom stereocenters. The lowest BCUT2D eigenvalue weighted by molar-refractivity contribution is 0.110. The molecule has 4 nitrogen and oxygen atoms in total. The minimum Gasteiger partial charge on any atom is -0.456 e. The summed E-state index contributed by atoms with van der Waals surface area (Å²) in [6.45, 7) is 1.10. The van der Waals surface area contributed by atoms with Gasteiger partial charge < -0.3 is 13.7 Å². The fourth-order valence-corrected chi connectivity index (χ4v) is 6.73. The summed E-state index contributed by atoms with van der Waals surface area (Å²) >= 11 is 0. The number of nitrogens with zero attached hydrogens (tertiary/aromatic N) is 2. The molecule has 9 rings (SSSR count). The third kappa shape index (κ3) is 3.66. The van der Waals surface area contributed by atoms with E-state index in [2.05, 4.69) is 102 Å². The van der Waals surface area contributed by atoms with Gasteiger partial charge in [-0.15, -0.1) is 0 Å². The van der Waals surface area contributed by atoms with Crippen molar-refractivity contribution in [1.29, 1.82) is 5.26 Å². The molecule has 0 saturated heterocycles. The van der Waals surface area contributed by atoms with Crippen LogP contribution in [0.1, 0.15) is 16.7 Å². The molecule has 8 aromatic rings. The largest absolute Gasteiger partial charge is 0.456 e. The zero-order valence-electron chi connectivity index (χ0n) is 23.2. The van der Waals surface area contributed by atoms with E-state index in [4.69, 9.17) is 9.15 Å². The number of fused-ring (bicyclic) bond motifs is 9. The van der Waals surface area contributed by atoms with Crippen molar-refractivity contribution in [1.82, 2.24) is 4.57 Å². The van der Waals surface area contributed by atoms with Crippen molar-refractivity contribution in [3.63, 3.8) is 0 Å². The fourth-order valence-electron chi connectivity index (χ4n) is 6.73. The monoisotopic (exact) mass is 552 g/mol. The number of furan rings is 1. The summed E-state index contributed by atoms with van der Waals surface area (Å²) in [5.74, 6) is 0. The molecule has 0 spiro atoms. The summed E-state index contributed by atoms with van der Waals surface area (Å²) in [5, 5.41) is 14.0. The van der Waals surface area contributed by atoms with Crippen LogP contribution in [0.25, 0.3) is 71.7 Å². The highest BCUT2D eigenvalue weighted by Crippen LogP contribution is 2.39. The number of aromatic nitrogens is 1. The van der Waals surface area contributed by atoms with E-state index >= 15 is 0 Å². The predicted octanol–water partition coefficient (Wildman–Crippen LogP) is 9.92. The second-order valence-electron chi connectivity index (χ2n) is 11.2. The maximum absolute atomic E-state index is 9.53. The average molecular weight is 553 g/mol. The Morgan fingerprint density at radius 2 is 1.33 bits per heavy atom. The number of benzene rings is 6. The first-order valence-corrected chi connectivity index (χ1v) is 14.4. The molecule has 0 aliphatic carbocycles. The lowest BCUT2D eigenvalue weighted by Crippen LogP contribution is -1.97. The Morgan fingerprint density at radius 3 is 2.26 bits per heavy atom. The molecule has 4 heteroatoms. The summed E-state index contributed by atoms with van der Waals surface area (Å²) in [6, 6.07) is 44.6. The highest BCUT2D eigenvalue weighted by Gasteiger charge is 2.19. The minimum absolute atomic E-state index is 0.536. The maximum Gasteiger partial charge on any atom is 0.136 e. The van der Waals surface area contributed by atoms with Crippen LogP contribution in [0.2, 0.25) is 0 Å². The van der Waals surface area contributed by atoms with Crippen LogP contribution in [-0.4, -0.2) is 4.57 Å². The van der Waals surface area contributed by atoms with Gasteiger partial charge in [-0.2, -0.15) is 5.26 Å². The van der Waals surface area contributed by atoms with Crippen molar-refractivity contribution in [2.24, 2.45) is 0 Å². The van der Waals surface area contributed by atoms with Crippen molar-refractivity contribution in [2.75, 3.05) is 0 Å². The SMILES string of the molecule is N#Cc1ccc2c(c1)c1ccccc1n2-c1ccc2c(c1)COCc1ccc(-c3ccc4c(c3)oc3ccccc34)cc1-2. The quantitative estimate of drug-likeness (QED) is 0.214. The first kappa shape index (κ1) is 24.0. The maximum atomic E-state index is 9.53. The van der Waals surface area contributed by atoms with Crippen molar-refractivity contribution >= 4 is 43.7 Å². The van der Waals surface area contributed by atoms with E-state index in [9.17, 15) is 5.26 Å². The second-order valence-corrected chi connectivity index (χ2v) is 11.2. The van der Waals surface area contributed by atoms with Crippen LogP contribution in [-0.2, 0) is 18.0 Å². The van der Waals surface area contributed by atoms with Crippen LogP contribution in [0.15, 0.2) is 126 Å². The highest BCUT2D eigenvalue weighted by atomic mass is 16.5. The molecule has 1 aliphatic rings. The predicted molar refractivity (Wildman–Crippen MR) is 172 cm³/mol. The molecule has 3 heterocycles. The lowest BCUT2D eigenvalue weighted by atomic mass is 9.92. The Bertz CT molecular complexity index is 2450. The van der Waals surface area contributed by atoms with Crippen LogP contribution < -0.4 is 0 Å². The molecule has 2 aromatic heterocycles. The molecule has 0 fully saturated rings. The first-order valence-electron chi connectivity index (χ1n) is 14.4. The molecule has 0 atom stereocenters. The second kappa shape index (κ2) is 9.19. The van der Waals surface area contributed by atoms with E-state index in [1.165, 1.54) is 16.7 Å². The summed E-state index contributed by atoms with van der Waals surface area (Å²) in [5.41, 5.74) is 12.7. The van der Waals surface area contributed by atoms with E-state index in [1.807, 2.05) is 30.3 Å². The van der Waals surface area contributed by atoms with Gasteiger partial charge >= 0.3 is 0 Å². The number of hydrogen-bond donors (Lipinski definition) is 0. The van der Waals surface area contributed by atoms with Gasteiger partial charge in [0.15, 0.2) is 0 Å². The Kier molecular flexibility index (Phi) is 5.13. The summed E-state index contributed by atoms with van der Waals surface area (Å²) in [6.07, 6.45) is 0. The molecule has 1 aliphatic heterocycles. The van der Waals surface area contributed by atoms with Gasteiger partial charge in [0.25, 0.3) is 0 Å².